The maximum absolute atomic E-state index is 5.00. The largest absolute Gasteiger partial charge is 0.357 e. The number of halogens is 1. The van der Waals surface area contributed by atoms with Crippen molar-refractivity contribution in [3.63, 3.8) is 0 Å². The van der Waals surface area contributed by atoms with Gasteiger partial charge in [0.15, 0.2) is 5.96 Å². The minimum Gasteiger partial charge on any atom is -0.357 e. The van der Waals surface area contributed by atoms with Crippen molar-refractivity contribution in [3.05, 3.63) is 0 Å². The lowest BCUT2D eigenvalue weighted by Gasteiger charge is -2.35. The smallest absolute Gasteiger partial charge is 0.191 e. The van der Waals surface area contributed by atoms with Crippen molar-refractivity contribution in [2.45, 2.75) is 77.3 Å². The maximum atomic E-state index is 5.00. The van der Waals surface area contributed by atoms with Crippen LogP contribution in [0.2, 0.25) is 0 Å². The first kappa shape index (κ1) is 25.0. The van der Waals surface area contributed by atoms with Gasteiger partial charge >= 0.3 is 0 Å². The average molecular weight is 494 g/mol. The Hall–Kier alpha value is -0.0800. The number of piperidine rings is 1. The zero-order valence-corrected chi connectivity index (χ0v) is 20.5. The van der Waals surface area contributed by atoms with Gasteiger partial charge in [-0.15, -0.1) is 24.0 Å². The lowest BCUT2D eigenvalue weighted by molar-refractivity contribution is 0.175. The minimum absolute atomic E-state index is 0. The summed E-state index contributed by atoms with van der Waals surface area (Å²) in [6, 6.07) is 1.13. The van der Waals surface area contributed by atoms with E-state index in [1.165, 1.54) is 71.0 Å². The third-order valence-corrected chi connectivity index (χ3v) is 6.11. The maximum Gasteiger partial charge on any atom is 0.191 e. The number of nitrogens with zero attached hydrogens (tertiary/aromatic N) is 3. The van der Waals surface area contributed by atoms with Gasteiger partial charge in [0.1, 0.15) is 0 Å². The molecule has 0 bridgehead atoms. The third kappa shape index (κ3) is 8.86. The molecule has 0 aromatic carbocycles. The fourth-order valence-electron chi connectivity index (χ4n) is 4.57. The van der Waals surface area contributed by atoms with E-state index >= 15 is 0 Å². The Bertz CT molecular complexity index is 401. The van der Waals surface area contributed by atoms with Crippen LogP contribution in [-0.4, -0.2) is 74.7 Å². The number of nitrogens with one attached hydrogen (secondary N) is 2. The van der Waals surface area contributed by atoms with Crippen LogP contribution in [0.5, 0.6) is 0 Å². The fourth-order valence-corrected chi connectivity index (χ4v) is 4.57. The third-order valence-electron chi connectivity index (χ3n) is 6.11. The molecular weight excluding hydrogens is 449 g/mol. The molecule has 0 aromatic rings. The van der Waals surface area contributed by atoms with Crippen LogP contribution in [0, 0.1) is 5.92 Å². The highest BCUT2D eigenvalue weighted by Crippen LogP contribution is 2.28. The molecule has 1 aliphatic heterocycles. The van der Waals surface area contributed by atoms with Crippen LogP contribution in [-0.2, 0) is 0 Å². The number of hydrogen-bond donors (Lipinski definition) is 2. The van der Waals surface area contributed by atoms with Gasteiger partial charge in [-0.2, -0.15) is 0 Å². The predicted molar refractivity (Wildman–Crippen MR) is 128 cm³/mol. The minimum atomic E-state index is 0. The molecular formula is C21H44IN5. The van der Waals surface area contributed by atoms with Crippen molar-refractivity contribution in [1.82, 2.24) is 20.4 Å². The quantitative estimate of drug-likeness (QED) is 0.309. The Balaban J connectivity index is 0.00000364. The number of guanidine groups is 1. The summed E-state index contributed by atoms with van der Waals surface area (Å²) in [6.45, 7) is 9.94. The normalized spacial score (nSPS) is 21.7. The zero-order valence-electron chi connectivity index (χ0n) is 18.2. The van der Waals surface area contributed by atoms with Crippen LogP contribution in [0.25, 0.3) is 0 Å². The van der Waals surface area contributed by atoms with Crippen LogP contribution < -0.4 is 10.6 Å². The zero-order chi connectivity index (χ0) is 18.8. The van der Waals surface area contributed by atoms with E-state index in [-0.39, 0.29) is 24.0 Å². The molecule has 160 valence electrons. The van der Waals surface area contributed by atoms with E-state index in [9.17, 15) is 0 Å². The summed E-state index contributed by atoms with van der Waals surface area (Å²) in [7, 11) is 4.44. The van der Waals surface area contributed by atoms with Gasteiger partial charge in [0.25, 0.3) is 0 Å². The summed E-state index contributed by atoms with van der Waals surface area (Å²) >= 11 is 0. The van der Waals surface area contributed by atoms with E-state index in [0.29, 0.717) is 12.1 Å². The Kier molecular flexibility index (Phi) is 12.9. The first-order valence-corrected chi connectivity index (χ1v) is 11.1. The van der Waals surface area contributed by atoms with E-state index in [1.807, 2.05) is 0 Å². The second-order valence-corrected chi connectivity index (χ2v) is 8.41. The van der Waals surface area contributed by atoms with Crippen LogP contribution in [0.1, 0.15) is 65.2 Å². The molecule has 0 radical (unpaired) electrons. The van der Waals surface area contributed by atoms with Gasteiger partial charge in [-0.05, 0) is 65.6 Å². The molecule has 1 heterocycles. The SMILES string of the molecule is CCCN1CCC(NC(=NCC(C2CCCCC2)N(C)C)NCC)CC1.I. The molecule has 0 aromatic heterocycles. The van der Waals surface area contributed by atoms with Crippen LogP contribution in [0.4, 0.5) is 0 Å². The molecule has 1 saturated carbocycles. The summed E-state index contributed by atoms with van der Waals surface area (Å²) in [4.78, 5) is 9.98. The van der Waals surface area contributed by atoms with Gasteiger partial charge < -0.3 is 20.4 Å². The molecule has 1 unspecified atom stereocenters. The van der Waals surface area contributed by atoms with Crippen LogP contribution in [0.3, 0.4) is 0 Å². The van der Waals surface area contributed by atoms with Crippen molar-refractivity contribution < 1.29 is 0 Å². The Morgan fingerprint density at radius 1 is 1.07 bits per heavy atom. The number of likely N-dealkylation sites (N-methyl/N-ethyl adjacent to an activating group) is 1. The number of rotatable bonds is 8. The van der Waals surface area contributed by atoms with E-state index < -0.39 is 0 Å². The van der Waals surface area contributed by atoms with Crippen LogP contribution in [0.15, 0.2) is 4.99 Å². The van der Waals surface area contributed by atoms with Crippen LogP contribution >= 0.6 is 24.0 Å². The van der Waals surface area contributed by atoms with Gasteiger partial charge in [0, 0.05) is 31.7 Å². The van der Waals surface area contributed by atoms with E-state index in [1.54, 1.807) is 0 Å². The summed E-state index contributed by atoms with van der Waals surface area (Å²) in [6.07, 6.45) is 10.7. The lowest BCUT2D eigenvalue weighted by atomic mass is 9.83. The van der Waals surface area contributed by atoms with Crippen molar-refractivity contribution >= 4 is 29.9 Å². The molecule has 2 N–H and O–H groups in total. The second kappa shape index (κ2) is 14.0. The predicted octanol–water partition coefficient (Wildman–Crippen LogP) is 3.54. The molecule has 2 aliphatic rings. The van der Waals surface area contributed by atoms with E-state index in [2.05, 4.69) is 48.4 Å². The lowest BCUT2D eigenvalue weighted by Crippen LogP contribution is -2.49. The van der Waals surface area contributed by atoms with Gasteiger partial charge in [-0.1, -0.05) is 26.2 Å². The van der Waals surface area contributed by atoms with Crippen molar-refractivity contribution in [1.29, 1.82) is 0 Å². The molecule has 0 spiro atoms. The molecule has 1 saturated heterocycles. The summed E-state index contributed by atoms with van der Waals surface area (Å²) < 4.78 is 0. The highest BCUT2D eigenvalue weighted by molar-refractivity contribution is 14.0. The second-order valence-electron chi connectivity index (χ2n) is 8.41. The average Bonchev–Trinajstić information content (AvgIpc) is 2.64. The molecule has 0 amide bonds. The Labute approximate surface area is 185 Å². The van der Waals surface area contributed by atoms with Gasteiger partial charge in [0.2, 0.25) is 0 Å². The van der Waals surface area contributed by atoms with Crippen molar-refractivity contribution in [3.8, 4) is 0 Å². The summed E-state index contributed by atoms with van der Waals surface area (Å²) in [5.74, 6) is 1.83. The van der Waals surface area contributed by atoms with Crippen molar-refractivity contribution in [2.75, 3.05) is 46.8 Å². The van der Waals surface area contributed by atoms with Crippen molar-refractivity contribution in [2.24, 2.45) is 10.9 Å². The molecule has 27 heavy (non-hydrogen) atoms. The molecule has 2 fully saturated rings. The van der Waals surface area contributed by atoms with E-state index in [0.717, 1.165) is 25.0 Å². The summed E-state index contributed by atoms with van der Waals surface area (Å²) in [5, 5.41) is 7.18. The number of hydrogen-bond acceptors (Lipinski definition) is 3. The number of aliphatic imine (C=N–C) groups is 1. The molecule has 2 rings (SSSR count). The van der Waals surface area contributed by atoms with Gasteiger partial charge in [-0.3, -0.25) is 4.99 Å². The molecule has 5 nitrogen and oxygen atoms in total. The first-order valence-electron chi connectivity index (χ1n) is 11.1. The Morgan fingerprint density at radius 2 is 1.74 bits per heavy atom. The summed E-state index contributed by atoms with van der Waals surface area (Å²) in [5.41, 5.74) is 0. The molecule has 1 aliphatic carbocycles. The highest BCUT2D eigenvalue weighted by Gasteiger charge is 2.25. The monoisotopic (exact) mass is 493 g/mol. The Morgan fingerprint density at radius 3 is 2.30 bits per heavy atom. The highest BCUT2D eigenvalue weighted by atomic mass is 127. The van der Waals surface area contributed by atoms with E-state index in [4.69, 9.17) is 4.99 Å². The first-order chi connectivity index (χ1) is 12.6. The topological polar surface area (TPSA) is 42.9 Å². The standard InChI is InChI=1S/C21H43N5.HI/c1-5-14-26-15-12-19(13-16-26)24-21(22-6-2)23-17-20(25(3)4)18-10-8-7-9-11-18;/h18-20H,5-17H2,1-4H3,(H2,22,23,24);1H. The molecule has 6 heteroatoms. The molecule has 1 atom stereocenters. The number of likely N-dealkylation sites (tertiary alicyclic amines) is 1. The fraction of sp³-hybridized carbons (Fsp3) is 0.952. The van der Waals surface area contributed by atoms with Gasteiger partial charge in [-0.25, -0.2) is 0 Å². The van der Waals surface area contributed by atoms with Gasteiger partial charge in [0.05, 0.1) is 6.54 Å².